The molecule has 2 aromatic rings. The van der Waals surface area contributed by atoms with Crippen LogP contribution in [0.2, 0.25) is 0 Å². The van der Waals surface area contributed by atoms with E-state index in [2.05, 4.69) is 26.2 Å². The van der Waals surface area contributed by atoms with Crippen LogP contribution in [0.3, 0.4) is 0 Å². The Morgan fingerprint density at radius 2 is 2.13 bits per heavy atom. The second kappa shape index (κ2) is 7.79. The van der Waals surface area contributed by atoms with Crippen LogP contribution in [0.4, 0.5) is 11.5 Å². The Bertz CT molecular complexity index is 1060. The molecule has 2 atom stereocenters. The molecule has 1 saturated heterocycles. The third kappa shape index (κ3) is 3.58. The van der Waals surface area contributed by atoms with Gasteiger partial charge < -0.3 is 10.1 Å². The molecule has 0 radical (unpaired) electrons. The number of rotatable bonds is 5. The first-order chi connectivity index (χ1) is 14.3. The van der Waals surface area contributed by atoms with E-state index in [4.69, 9.17) is 4.74 Å². The standard InChI is InChI=1S/C21H20BrN3O5/c1-21(16-7-6-12-4-2-3-5-14(12)15(16)11-26)9-17(20(27)30-21)24-19-18(25(28)29)8-13(22)10-23-19/h6-8,10-11,17H,2-5,9H2,1H3,(H,23,24). The van der Waals surface area contributed by atoms with E-state index in [-0.39, 0.29) is 17.9 Å². The zero-order valence-corrected chi connectivity index (χ0v) is 17.9. The van der Waals surface area contributed by atoms with Crippen molar-refractivity contribution in [2.24, 2.45) is 0 Å². The summed E-state index contributed by atoms with van der Waals surface area (Å²) in [6.45, 7) is 1.77. The maximum absolute atomic E-state index is 12.6. The molecule has 0 bridgehead atoms. The first kappa shape index (κ1) is 20.5. The molecule has 4 rings (SSSR count). The molecule has 1 fully saturated rings. The molecule has 0 amide bonds. The molecule has 30 heavy (non-hydrogen) atoms. The fourth-order valence-electron chi connectivity index (χ4n) is 4.38. The first-order valence-corrected chi connectivity index (χ1v) is 10.5. The van der Waals surface area contributed by atoms with Gasteiger partial charge in [0.05, 0.1) is 4.92 Å². The van der Waals surface area contributed by atoms with Gasteiger partial charge in [-0.25, -0.2) is 9.78 Å². The van der Waals surface area contributed by atoms with Gasteiger partial charge in [-0.3, -0.25) is 14.9 Å². The highest BCUT2D eigenvalue weighted by atomic mass is 79.9. The molecule has 2 aliphatic rings. The lowest BCUT2D eigenvalue weighted by molar-refractivity contribution is -0.384. The van der Waals surface area contributed by atoms with Crippen LogP contribution in [0.25, 0.3) is 0 Å². The molecule has 0 saturated carbocycles. The van der Waals surface area contributed by atoms with Gasteiger partial charge in [0, 0.05) is 34.3 Å². The Morgan fingerprint density at radius 3 is 2.87 bits per heavy atom. The number of fused-ring (bicyclic) bond motifs is 1. The molecular formula is C21H20BrN3O5. The lowest BCUT2D eigenvalue weighted by atomic mass is 9.80. The molecule has 1 N–H and O–H groups in total. The number of halogens is 1. The zero-order valence-electron chi connectivity index (χ0n) is 16.3. The molecule has 1 aliphatic carbocycles. The number of carbonyl (C=O) groups is 2. The number of hydrogen-bond donors (Lipinski definition) is 1. The van der Waals surface area contributed by atoms with Gasteiger partial charge in [-0.2, -0.15) is 0 Å². The molecule has 156 valence electrons. The summed E-state index contributed by atoms with van der Waals surface area (Å²) in [5.41, 5.74) is 2.22. The Hall–Kier alpha value is -2.81. The predicted octanol–water partition coefficient (Wildman–Crippen LogP) is 4.09. The van der Waals surface area contributed by atoms with Gasteiger partial charge in [-0.05, 0) is 59.7 Å². The van der Waals surface area contributed by atoms with Crippen molar-refractivity contribution in [3.05, 3.63) is 61.2 Å². The topological polar surface area (TPSA) is 111 Å². The van der Waals surface area contributed by atoms with Gasteiger partial charge in [-0.1, -0.05) is 12.1 Å². The number of nitrogens with zero attached hydrogens (tertiary/aromatic N) is 2. The molecule has 2 unspecified atom stereocenters. The van der Waals surface area contributed by atoms with Gasteiger partial charge in [0.25, 0.3) is 0 Å². The number of anilines is 1. The monoisotopic (exact) mass is 473 g/mol. The van der Waals surface area contributed by atoms with Crippen LogP contribution < -0.4 is 5.32 Å². The lowest BCUT2D eigenvalue weighted by Gasteiger charge is -2.28. The number of pyridine rings is 1. The van der Waals surface area contributed by atoms with Crippen LogP contribution in [0.1, 0.15) is 53.2 Å². The van der Waals surface area contributed by atoms with Crippen molar-refractivity contribution in [1.29, 1.82) is 0 Å². The van der Waals surface area contributed by atoms with Crippen molar-refractivity contribution in [3.8, 4) is 0 Å². The van der Waals surface area contributed by atoms with Crippen LogP contribution in [0.5, 0.6) is 0 Å². The predicted molar refractivity (Wildman–Crippen MR) is 113 cm³/mol. The number of ether oxygens (including phenoxy) is 1. The van der Waals surface area contributed by atoms with E-state index in [0.29, 0.717) is 15.6 Å². The number of benzene rings is 1. The van der Waals surface area contributed by atoms with E-state index in [1.54, 1.807) is 6.92 Å². The maximum Gasteiger partial charge on any atom is 0.329 e. The quantitative estimate of drug-likeness (QED) is 0.301. The summed E-state index contributed by atoms with van der Waals surface area (Å²) >= 11 is 3.16. The van der Waals surface area contributed by atoms with Crippen LogP contribution in [0.15, 0.2) is 28.9 Å². The summed E-state index contributed by atoms with van der Waals surface area (Å²) in [4.78, 5) is 39.4. The van der Waals surface area contributed by atoms with Crippen molar-refractivity contribution in [1.82, 2.24) is 4.98 Å². The highest BCUT2D eigenvalue weighted by Gasteiger charge is 2.47. The van der Waals surface area contributed by atoms with E-state index >= 15 is 0 Å². The van der Waals surface area contributed by atoms with Crippen molar-refractivity contribution in [2.45, 2.75) is 50.7 Å². The van der Waals surface area contributed by atoms with E-state index in [1.165, 1.54) is 17.8 Å². The number of carbonyl (C=O) groups excluding carboxylic acids is 2. The number of esters is 1. The summed E-state index contributed by atoms with van der Waals surface area (Å²) in [7, 11) is 0. The third-order valence-electron chi connectivity index (χ3n) is 5.81. The summed E-state index contributed by atoms with van der Waals surface area (Å²) in [5.74, 6) is -0.540. The summed E-state index contributed by atoms with van der Waals surface area (Å²) < 4.78 is 6.17. The average Bonchev–Trinajstić information content (AvgIpc) is 3.02. The van der Waals surface area contributed by atoms with Gasteiger partial charge in [-0.15, -0.1) is 0 Å². The Morgan fingerprint density at radius 1 is 1.37 bits per heavy atom. The highest BCUT2D eigenvalue weighted by Crippen LogP contribution is 2.41. The molecule has 9 heteroatoms. The van der Waals surface area contributed by atoms with Crippen molar-refractivity contribution in [2.75, 3.05) is 5.32 Å². The molecule has 1 aromatic heterocycles. The van der Waals surface area contributed by atoms with Gasteiger partial charge in [0.15, 0.2) is 6.29 Å². The van der Waals surface area contributed by atoms with Crippen molar-refractivity contribution < 1.29 is 19.2 Å². The van der Waals surface area contributed by atoms with Crippen molar-refractivity contribution in [3.63, 3.8) is 0 Å². The molecule has 2 heterocycles. The van der Waals surface area contributed by atoms with E-state index in [0.717, 1.165) is 37.5 Å². The first-order valence-electron chi connectivity index (χ1n) is 9.72. The van der Waals surface area contributed by atoms with Crippen LogP contribution in [-0.2, 0) is 28.0 Å². The second-order valence-electron chi connectivity index (χ2n) is 7.82. The van der Waals surface area contributed by atoms with Crippen LogP contribution in [0, 0.1) is 10.1 Å². The zero-order chi connectivity index (χ0) is 21.5. The molecular weight excluding hydrogens is 454 g/mol. The van der Waals surface area contributed by atoms with E-state index < -0.39 is 22.5 Å². The van der Waals surface area contributed by atoms with Crippen LogP contribution >= 0.6 is 15.9 Å². The smallest absolute Gasteiger partial charge is 0.329 e. The lowest BCUT2D eigenvalue weighted by Crippen LogP contribution is -2.27. The summed E-state index contributed by atoms with van der Waals surface area (Å²) in [6.07, 6.45) is 6.39. The number of cyclic esters (lactones) is 1. The normalized spacial score (nSPS) is 22.9. The molecule has 0 spiro atoms. The Balaban J connectivity index is 1.65. The number of aryl methyl sites for hydroxylation is 1. The summed E-state index contributed by atoms with van der Waals surface area (Å²) in [5, 5.41) is 14.2. The minimum Gasteiger partial charge on any atom is -0.453 e. The minimum absolute atomic E-state index is 0.00421. The highest BCUT2D eigenvalue weighted by molar-refractivity contribution is 9.10. The van der Waals surface area contributed by atoms with Gasteiger partial charge in [0.1, 0.15) is 11.6 Å². The van der Waals surface area contributed by atoms with Crippen LogP contribution in [-0.4, -0.2) is 28.2 Å². The molecule has 1 aromatic carbocycles. The van der Waals surface area contributed by atoms with Crippen molar-refractivity contribution >= 4 is 39.7 Å². The largest absolute Gasteiger partial charge is 0.453 e. The molecule has 1 aliphatic heterocycles. The van der Waals surface area contributed by atoms with E-state index in [9.17, 15) is 19.7 Å². The van der Waals surface area contributed by atoms with Gasteiger partial charge in [0.2, 0.25) is 5.82 Å². The number of hydrogen-bond acceptors (Lipinski definition) is 7. The summed E-state index contributed by atoms with van der Waals surface area (Å²) in [6, 6.07) is 4.38. The fourth-order valence-corrected chi connectivity index (χ4v) is 4.70. The average molecular weight is 474 g/mol. The van der Waals surface area contributed by atoms with Gasteiger partial charge >= 0.3 is 11.7 Å². The number of nitrogens with one attached hydrogen (secondary N) is 1. The second-order valence-corrected chi connectivity index (χ2v) is 8.74. The number of aromatic nitrogens is 1. The SMILES string of the molecule is CC1(c2ccc3c(c2C=O)CCCC3)CC(Nc2ncc(Br)cc2[N+](=O)[O-])C(=O)O1. The molecule has 8 nitrogen and oxygen atoms in total. The maximum atomic E-state index is 12.6. The van der Waals surface area contributed by atoms with E-state index in [1.807, 2.05) is 12.1 Å². The fraction of sp³-hybridized carbons (Fsp3) is 0.381. The number of nitro groups is 1. The Labute approximate surface area is 181 Å². The Kier molecular flexibility index (Phi) is 5.31. The third-order valence-corrected chi connectivity index (χ3v) is 6.24. The number of aldehydes is 1. The minimum atomic E-state index is -1.01.